The second kappa shape index (κ2) is 19.8. The van der Waals surface area contributed by atoms with Gasteiger partial charge in [0.1, 0.15) is 0 Å². The Bertz CT molecular complexity index is 1610. The van der Waals surface area contributed by atoms with Crippen LogP contribution in [0.4, 0.5) is 13.2 Å². The number of thioether (sulfide) groups is 1. The average Bonchev–Trinajstić information content (AvgIpc) is 3.11. The number of alkyl halides is 3. The number of amides is 3. The predicted octanol–water partition coefficient (Wildman–Crippen LogP) is 5.29. The van der Waals surface area contributed by atoms with E-state index in [9.17, 15) is 42.3 Å². The van der Waals surface area contributed by atoms with Gasteiger partial charge in [-0.2, -0.15) is 24.9 Å². The van der Waals surface area contributed by atoms with Crippen molar-refractivity contribution in [3.63, 3.8) is 0 Å². The molecule has 0 aliphatic carbocycles. The molecule has 51 heavy (non-hydrogen) atoms. The van der Waals surface area contributed by atoms with Gasteiger partial charge in [-0.1, -0.05) is 91.9 Å². The van der Waals surface area contributed by atoms with Crippen LogP contribution in [0.25, 0.3) is 11.1 Å². The normalized spacial score (nSPS) is 14.4. The number of hydrogen-bond donors (Lipinski definition) is 4. The maximum Gasteiger partial charge on any atom is 0.416 e. The minimum Gasteiger partial charge on any atom is -0.382 e. The third-order valence-corrected chi connectivity index (χ3v) is 9.12. The van der Waals surface area contributed by atoms with E-state index in [4.69, 9.17) is 5.73 Å². The van der Waals surface area contributed by atoms with Gasteiger partial charge >= 0.3 is 6.18 Å². The van der Waals surface area contributed by atoms with Crippen LogP contribution in [0.1, 0.15) is 54.9 Å². The number of nitrogens with one attached hydrogen (secondary N) is 2. The Balaban J connectivity index is 1.75. The number of benzene rings is 3. The summed E-state index contributed by atoms with van der Waals surface area (Å²) in [5.41, 5.74) is 8.15. The van der Waals surface area contributed by atoms with Crippen LogP contribution in [0, 0.1) is 11.8 Å². The minimum absolute atomic E-state index is 0.0674. The molecule has 0 aliphatic heterocycles. The first-order chi connectivity index (χ1) is 24.2. The lowest BCUT2D eigenvalue weighted by Gasteiger charge is -2.27. The standard InChI is InChI=1S/C38H44F3N3O6S/c1-24(36(49)43-30(17-18-34(42)47)35(48)38(39,40)41)21-33(46)31(22-25-9-5-3-6-10-25)44-37(50)29(19-20-51-2)23-32(45)28-15-13-27(14-16-28)26-11-7-4-8-12-26/h3-16,24,29-31,35,48H,17-23H2,1-2H3,(H2,42,47)(H,43,49)(H,44,50)/t24-,29-,30?,31+,35?/m1/s1. The lowest BCUT2D eigenvalue weighted by atomic mass is 9.91. The van der Waals surface area contributed by atoms with Crippen LogP contribution < -0.4 is 16.4 Å². The van der Waals surface area contributed by atoms with E-state index in [-0.39, 0.29) is 18.6 Å². The maximum atomic E-state index is 13.7. The predicted molar refractivity (Wildman–Crippen MR) is 191 cm³/mol. The summed E-state index contributed by atoms with van der Waals surface area (Å²) in [5.74, 6) is -4.50. The van der Waals surface area contributed by atoms with Crippen molar-refractivity contribution >= 4 is 41.0 Å². The van der Waals surface area contributed by atoms with E-state index in [0.29, 0.717) is 23.3 Å². The highest BCUT2D eigenvalue weighted by Gasteiger charge is 2.44. The Morgan fingerprint density at radius 2 is 1.39 bits per heavy atom. The Morgan fingerprint density at radius 3 is 1.96 bits per heavy atom. The third kappa shape index (κ3) is 13.3. The molecule has 3 rings (SSSR count). The molecular weight excluding hydrogens is 683 g/mol. The molecule has 5 N–H and O–H groups in total. The topological polar surface area (TPSA) is 156 Å². The molecule has 0 aliphatic rings. The Morgan fingerprint density at radius 1 is 0.804 bits per heavy atom. The van der Waals surface area contributed by atoms with Gasteiger partial charge in [-0.05, 0) is 48.0 Å². The van der Waals surface area contributed by atoms with Crippen molar-refractivity contribution in [1.29, 1.82) is 0 Å². The zero-order valence-electron chi connectivity index (χ0n) is 28.5. The highest BCUT2D eigenvalue weighted by atomic mass is 32.2. The molecule has 0 spiro atoms. The summed E-state index contributed by atoms with van der Waals surface area (Å²) in [6, 6.07) is 22.6. The first kappa shape index (κ1) is 40.9. The van der Waals surface area contributed by atoms with Gasteiger partial charge in [0.2, 0.25) is 17.7 Å². The number of aliphatic hydroxyl groups excluding tert-OH is 1. The number of primary amides is 1. The molecule has 0 heterocycles. The number of hydrogen-bond acceptors (Lipinski definition) is 7. The van der Waals surface area contributed by atoms with Gasteiger partial charge in [0.05, 0.1) is 12.1 Å². The molecule has 13 heteroatoms. The quantitative estimate of drug-likeness (QED) is 0.115. The van der Waals surface area contributed by atoms with E-state index in [1.807, 2.05) is 48.7 Å². The summed E-state index contributed by atoms with van der Waals surface area (Å²) in [5, 5.41) is 14.7. The smallest absolute Gasteiger partial charge is 0.382 e. The molecule has 3 aromatic rings. The molecule has 0 fully saturated rings. The number of carbonyl (C=O) groups excluding carboxylic acids is 5. The lowest BCUT2D eigenvalue weighted by Crippen LogP contribution is -2.52. The van der Waals surface area contributed by atoms with Crippen molar-refractivity contribution in [2.75, 3.05) is 12.0 Å². The number of ketones is 2. The largest absolute Gasteiger partial charge is 0.416 e. The minimum atomic E-state index is -5.08. The van der Waals surface area contributed by atoms with Crippen LogP contribution in [0.3, 0.4) is 0 Å². The average molecular weight is 728 g/mol. The number of nitrogens with two attached hydrogens (primary N) is 1. The summed E-state index contributed by atoms with van der Waals surface area (Å²) in [6.45, 7) is 1.34. The van der Waals surface area contributed by atoms with Crippen LogP contribution in [0.15, 0.2) is 84.9 Å². The molecule has 0 radical (unpaired) electrons. The van der Waals surface area contributed by atoms with E-state index in [1.165, 1.54) is 18.7 Å². The van der Waals surface area contributed by atoms with Crippen LogP contribution in [-0.2, 0) is 25.6 Å². The summed E-state index contributed by atoms with van der Waals surface area (Å²) in [6.07, 6.45) is -7.38. The molecule has 0 aromatic heterocycles. The highest BCUT2D eigenvalue weighted by molar-refractivity contribution is 7.98. The second-order valence-electron chi connectivity index (χ2n) is 12.5. The van der Waals surface area contributed by atoms with Gasteiger partial charge in [0, 0.05) is 36.7 Å². The van der Waals surface area contributed by atoms with Crippen molar-refractivity contribution in [2.24, 2.45) is 17.6 Å². The molecule has 274 valence electrons. The van der Waals surface area contributed by atoms with Gasteiger partial charge in [-0.3, -0.25) is 24.0 Å². The van der Waals surface area contributed by atoms with Crippen molar-refractivity contribution < 1.29 is 42.3 Å². The van der Waals surface area contributed by atoms with E-state index < -0.39 is 79.0 Å². The molecular formula is C38H44F3N3O6S. The SMILES string of the molecule is CSCC[C@H](CC(=O)c1ccc(-c2ccccc2)cc1)C(=O)N[C@@H](Cc1ccccc1)C(=O)C[C@@H](C)C(=O)NC(CCC(N)=O)C(O)C(F)(F)F. The molecule has 3 aromatic carbocycles. The number of halogens is 3. The van der Waals surface area contributed by atoms with Crippen LogP contribution >= 0.6 is 11.8 Å². The zero-order chi connectivity index (χ0) is 37.6. The van der Waals surface area contributed by atoms with E-state index >= 15 is 0 Å². The number of Topliss-reactive ketones (excluding diaryl/α,β-unsaturated/α-hetero) is 2. The molecule has 3 amide bonds. The summed E-state index contributed by atoms with van der Waals surface area (Å²) in [7, 11) is 0. The monoisotopic (exact) mass is 727 g/mol. The first-order valence-electron chi connectivity index (χ1n) is 16.6. The van der Waals surface area contributed by atoms with E-state index in [1.54, 1.807) is 42.5 Å². The Hall–Kier alpha value is -4.49. The molecule has 0 bridgehead atoms. The van der Waals surface area contributed by atoms with Crippen molar-refractivity contribution in [2.45, 2.75) is 69.8 Å². The summed E-state index contributed by atoms with van der Waals surface area (Å²) >= 11 is 1.51. The fourth-order valence-corrected chi connectivity index (χ4v) is 6.01. The zero-order valence-corrected chi connectivity index (χ0v) is 29.3. The summed E-state index contributed by atoms with van der Waals surface area (Å²) < 4.78 is 39.9. The fraction of sp³-hybridized carbons (Fsp3) is 0.395. The molecule has 5 atom stereocenters. The van der Waals surface area contributed by atoms with Gasteiger partial charge in [-0.15, -0.1) is 0 Å². The van der Waals surface area contributed by atoms with Crippen LogP contribution in [0.2, 0.25) is 0 Å². The fourth-order valence-electron chi connectivity index (χ4n) is 5.49. The number of carbonyl (C=O) groups is 5. The second-order valence-corrected chi connectivity index (χ2v) is 13.5. The number of rotatable bonds is 20. The van der Waals surface area contributed by atoms with Crippen molar-refractivity contribution in [1.82, 2.24) is 10.6 Å². The highest BCUT2D eigenvalue weighted by Crippen LogP contribution is 2.25. The van der Waals surface area contributed by atoms with Crippen molar-refractivity contribution in [3.8, 4) is 11.1 Å². The number of aliphatic hydroxyl groups is 1. The van der Waals surface area contributed by atoms with E-state index in [0.717, 1.165) is 11.1 Å². The van der Waals surface area contributed by atoms with Crippen LogP contribution in [-0.4, -0.2) is 70.8 Å². The van der Waals surface area contributed by atoms with Gasteiger partial charge in [-0.25, -0.2) is 0 Å². The molecule has 2 unspecified atom stereocenters. The van der Waals surface area contributed by atoms with Crippen LogP contribution in [0.5, 0.6) is 0 Å². The third-order valence-electron chi connectivity index (χ3n) is 8.48. The van der Waals surface area contributed by atoms with Gasteiger partial charge in [0.15, 0.2) is 17.7 Å². The summed E-state index contributed by atoms with van der Waals surface area (Å²) in [4.78, 5) is 64.9. The van der Waals surface area contributed by atoms with Gasteiger partial charge < -0.3 is 21.5 Å². The van der Waals surface area contributed by atoms with E-state index in [2.05, 4.69) is 10.6 Å². The lowest BCUT2D eigenvalue weighted by molar-refractivity contribution is -0.213. The Kier molecular flexibility index (Phi) is 15.9. The molecule has 0 saturated heterocycles. The molecule has 9 nitrogen and oxygen atoms in total. The first-order valence-corrected chi connectivity index (χ1v) is 18.0. The van der Waals surface area contributed by atoms with Crippen molar-refractivity contribution in [3.05, 3.63) is 96.1 Å². The Labute approximate surface area is 300 Å². The maximum absolute atomic E-state index is 13.7. The van der Waals surface area contributed by atoms with Gasteiger partial charge in [0.25, 0.3) is 0 Å². The molecule has 0 saturated carbocycles.